The summed E-state index contributed by atoms with van der Waals surface area (Å²) < 4.78 is 7.51. The number of nitrogens with zero attached hydrogens (tertiary/aromatic N) is 3. The lowest BCUT2D eigenvalue weighted by molar-refractivity contribution is 0.00660. The number of alkyl halides is 1. The first kappa shape index (κ1) is 11.9. The van der Waals surface area contributed by atoms with Gasteiger partial charge < -0.3 is 9.30 Å². The Balaban J connectivity index is 2.04. The van der Waals surface area contributed by atoms with E-state index in [1.165, 1.54) is 0 Å². The highest BCUT2D eigenvalue weighted by molar-refractivity contribution is 6.16. The molecule has 1 aliphatic carbocycles. The summed E-state index contributed by atoms with van der Waals surface area (Å²) in [6, 6.07) is 2.48. The van der Waals surface area contributed by atoms with Crippen molar-refractivity contribution >= 4 is 22.8 Å². The van der Waals surface area contributed by atoms with Crippen molar-refractivity contribution in [2.75, 3.05) is 7.11 Å². The van der Waals surface area contributed by atoms with E-state index in [4.69, 9.17) is 16.3 Å². The highest BCUT2D eigenvalue weighted by Crippen LogP contribution is 2.37. The quantitative estimate of drug-likeness (QED) is 0.801. The molecule has 2 aromatic rings. The van der Waals surface area contributed by atoms with Crippen LogP contribution >= 0.6 is 11.6 Å². The molecule has 1 aliphatic rings. The van der Waals surface area contributed by atoms with E-state index < -0.39 is 0 Å². The van der Waals surface area contributed by atoms with Gasteiger partial charge in [-0.25, -0.2) is 9.97 Å². The molecule has 0 spiro atoms. The van der Waals surface area contributed by atoms with Crippen molar-refractivity contribution < 1.29 is 4.74 Å². The molecule has 1 fully saturated rings. The second-order valence-electron chi connectivity index (χ2n) is 4.87. The molecule has 96 valence electrons. The van der Waals surface area contributed by atoms with Gasteiger partial charge in [0.05, 0.1) is 12.0 Å². The van der Waals surface area contributed by atoms with Crippen LogP contribution < -0.4 is 0 Å². The van der Waals surface area contributed by atoms with Gasteiger partial charge in [0.2, 0.25) is 0 Å². The summed E-state index contributed by atoms with van der Waals surface area (Å²) in [6.07, 6.45) is 4.27. The zero-order valence-electron chi connectivity index (χ0n) is 10.6. The Morgan fingerprint density at radius 3 is 2.94 bits per heavy atom. The predicted octanol–water partition coefficient (Wildman–Crippen LogP) is 2.83. The molecular formula is C13H16ClN3O. The van der Waals surface area contributed by atoms with Gasteiger partial charge in [0.25, 0.3) is 0 Å². The molecule has 5 heteroatoms. The number of imidazole rings is 1. The Hall–Kier alpha value is -1.13. The lowest BCUT2D eigenvalue weighted by Gasteiger charge is -2.35. The molecule has 0 bridgehead atoms. The summed E-state index contributed by atoms with van der Waals surface area (Å²) in [6.45, 7) is 2.02. The Morgan fingerprint density at radius 2 is 2.28 bits per heavy atom. The van der Waals surface area contributed by atoms with Gasteiger partial charge in [0, 0.05) is 19.3 Å². The maximum absolute atomic E-state index is 6.00. The number of hydrogen-bond acceptors (Lipinski definition) is 3. The Morgan fingerprint density at radius 1 is 1.50 bits per heavy atom. The van der Waals surface area contributed by atoms with Crippen LogP contribution in [-0.4, -0.2) is 27.7 Å². The standard InChI is InChI=1S/C13H16ClN3O/c1-8-3-11-13(15-7-8)17(12(6-14)16-11)9-4-10(5-9)18-2/h3,7,9-10H,4-6H2,1-2H3. The van der Waals surface area contributed by atoms with E-state index in [-0.39, 0.29) is 0 Å². The number of methoxy groups -OCH3 is 1. The van der Waals surface area contributed by atoms with Crippen LogP contribution in [0.3, 0.4) is 0 Å². The number of ether oxygens (including phenoxy) is 1. The third-order valence-electron chi connectivity index (χ3n) is 3.63. The average molecular weight is 266 g/mol. The molecule has 0 N–H and O–H groups in total. The number of hydrogen-bond donors (Lipinski definition) is 0. The zero-order chi connectivity index (χ0) is 12.7. The van der Waals surface area contributed by atoms with Crippen LogP contribution in [0.2, 0.25) is 0 Å². The molecular weight excluding hydrogens is 250 g/mol. The third kappa shape index (κ3) is 1.80. The van der Waals surface area contributed by atoms with Gasteiger partial charge in [-0.05, 0) is 31.4 Å². The summed E-state index contributed by atoms with van der Waals surface area (Å²) in [5.74, 6) is 1.33. The van der Waals surface area contributed by atoms with Crippen molar-refractivity contribution in [1.29, 1.82) is 0 Å². The van der Waals surface area contributed by atoms with Gasteiger partial charge in [-0.2, -0.15) is 0 Å². The van der Waals surface area contributed by atoms with E-state index in [2.05, 4.69) is 20.6 Å². The maximum atomic E-state index is 6.00. The second-order valence-corrected chi connectivity index (χ2v) is 5.14. The Kier molecular flexibility index (Phi) is 2.99. The van der Waals surface area contributed by atoms with Crippen LogP contribution in [0, 0.1) is 6.92 Å². The average Bonchev–Trinajstić information content (AvgIpc) is 2.66. The SMILES string of the molecule is COC1CC(n2c(CCl)nc3cc(C)cnc32)C1. The summed E-state index contributed by atoms with van der Waals surface area (Å²) in [7, 11) is 1.76. The van der Waals surface area contributed by atoms with Crippen LogP contribution in [0.15, 0.2) is 12.3 Å². The fraction of sp³-hybridized carbons (Fsp3) is 0.538. The van der Waals surface area contributed by atoms with Gasteiger partial charge in [-0.15, -0.1) is 11.6 Å². The van der Waals surface area contributed by atoms with Crippen molar-refractivity contribution in [3.63, 3.8) is 0 Å². The molecule has 2 heterocycles. The lowest BCUT2D eigenvalue weighted by atomic mass is 9.89. The second kappa shape index (κ2) is 4.52. The molecule has 0 aliphatic heterocycles. The van der Waals surface area contributed by atoms with Crippen molar-refractivity contribution in [1.82, 2.24) is 14.5 Å². The molecule has 4 nitrogen and oxygen atoms in total. The first-order valence-corrected chi connectivity index (χ1v) is 6.68. The minimum Gasteiger partial charge on any atom is -0.381 e. The lowest BCUT2D eigenvalue weighted by Crippen LogP contribution is -2.33. The fourth-order valence-electron chi connectivity index (χ4n) is 2.55. The largest absolute Gasteiger partial charge is 0.381 e. The molecule has 1 saturated carbocycles. The summed E-state index contributed by atoms with van der Waals surface area (Å²) in [5.41, 5.74) is 3.00. The highest BCUT2D eigenvalue weighted by atomic mass is 35.5. The highest BCUT2D eigenvalue weighted by Gasteiger charge is 2.33. The maximum Gasteiger partial charge on any atom is 0.160 e. The van der Waals surface area contributed by atoms with E-state index in [1.807, 2.05) is 13.1 Å². The molecule has 0 amide bonds. The van der Waals surface area contributed by atoms with Gasteiger partial charge in [-0.1, -0.05) is 0 Å². The van der Waals surface area contributed by atoms with Crippen LogP contribution in [0.5, 0.6) is 0 Å². The molecule has 2 aromatic heterocycles. The van der Waals surface area contributed by atoms with Crippen LogP contribution in [0.25, 0.3) is 11.2 Å². The van der Waals surface area contributed by atoms with Crippen molar-refractivity contribution in [2.24, 2.45) is 0 Å². The topological polar surface area (TPSA) is 39.9 Å². The summed E-state index contributed by atoms with van der Waals surface area (Å²) >= 11 is 6.00. The molecule has 18 heavy (non-hydrogen) atoms. The third-order valence-corrected chi connectivity index (χ3v) is 3.87. The van der Waals surface area contributed by atoms with Gasteiger partial charge in [0.15, 0.2) is 5.65 Å². The normalized spacial score (nSPS) is 23.3. The minimum atomic E-state index is 0.362. The Labute approximate surface area is 111 Å². The van der Waals surface area contributed by atoms with Gasteiger partial charge >= 0.3 is 0 Å². The van der Waals surface area contributed by atoms with E-state index >= 15 is 0 Å². The summed E-state index contributed by atoms with van der Waals surface area (Å²) in [5, 5.41) is 0. The first-order valence-electron chi connectivity index (χ1n) is 6.15. The van der Waals surface area contributed by atoms with E-state index in [0.29, 0.717) is 18.0 Å². The fourth-order valence-corrected chi connectivity index (χ4v) is 2.74. The van der Waals surface area contributed by atoms with E-state index in [1.54, 1.807) is 7.11 Å². The van der Waals surface area contributed by atoms with Crippen LogP contribution in [-0.2, 0) is 10.6 Å². The summed E-state index contributed by atoms with van der Waals surface area (Å²) in [4.78, 5) is 9.08. The molecule has 0 aromatic carbocycles. The van der Waals surface area contributed by atoms with Gasteiger partial charge in [-0.3, -0.25) is 0 Å². The number of aromatic nitrogens is 3. The van der Waals surface area contributed by atoms with E-state index in [0.717, 1.165) is 35.4 Å². The number of aryl methyl sites for hydroxylation is 1. The zero-order valence-corrected chi connectivity index (χ0v) is 11.3. The molecule has 0 saturated heterocycles. The monoisotopic (exact) mass is 265 g/mol. The van der Waals surface area contributed by atoms with Crippen LogP contribution in [0.1, 0.15) is 30.3 Å². The molecule has 0 radical (unpaired) electrons. The van der Waals surface area contributed by atoms with Gasteiger partial charge in [0.1, 0.15) is 11.3 Å². The number of halogens is 1. The molecule has 0 unspecified atom stereocenters. The molecule has 3 rings (SSSR count). The van der Waals surface area contributed by atoms with Crippen molar-refractivity contribution in [2.45, 2.75) is 37.8 Å². The smallest absolute Gasteiger partial charge is 0.160 e. The minimum absolute atomic E-state index is 0.362. The van der Waals surface area contributed by atoms with Crippen molar-refractivity contribution in [3.8, 4) is 0 Å². The van der Waals surface area contributed by atoms with Crippen LogP contribution in [0.4, 0.5) is 0 Å². The molecule has 0 atom stereocenters. The van der Waals surface area contributed by atoms with Crippen molar-refractivity contribution in [3.05, 3.63) is 23.7 Å². The number of rotatable bonds is 3. The van der Waals surface area contributed by atoms with E-state index in [9.17, 15) is 0 Å². The number of fused-ring (bicyclic) bond motifs is 1. The Bertz CT molecular complexity index is 575. The number of pyridine rings is 1. The predicted molar refractivity (Wildman–Crippen MR) is 70.9 cm³/mol. The first-order chi connectivity index (χ1) is 8.72.